The lowest BCUT2D eigenvalue weighted by atomic mass is 10.1. The molecular weight excluding hydrogens is 330 g/mol. The lowest BCUT2D eigenvalue weighted by Crippen LogP contribution is -2.48. The van der Waals surface area contributed by atoms with Crippen LogP contribution in [0, 0.1) is 6.92 Å². The number of hydrogen-bond acceptors (Lipinski definition) is 7. The average Bonchev–Trinajstić information content (AvgIpc) is 2.61. The first kappa shape index (κ1) is 18.0. The number of rotatable bonds is 3. The Morgan fingerprint density at radius 3 is 2.15 bits per heavy atom. The van der Waals surface area contributed by atoms with Gasteiger partial charge in [-0.2, -0.15) is 0 Å². The number of piperazine rings is 1. The van der Waals surface area contributed by atoms with Crippen molar-refractivity contribution in [3.8, 4) is 0 Å². The van der Waals surface area contributed by atoms with Crippen LogP contribution in [0.3, 0.4) is 0 Å². The summed E-state index contributed by atoms with van der Waals surface area (Å²) in [6, 6.07) is 3.53. The molecule has 2 aromatic heterocycles. The molecule has 138 valence electrons. The predicted octanol–water partition coefficient (Wildman–Crippen LogP) is 1.43. The molecule has 2 aromatic rings. The molecule has 1 saturated heterocycles. The van der Waals surface area contributed by atoms with E-state index in [-0.39, 0.29) is 11.4 Å². The molecule has 0 aliphatic carbocycles. The summed E-state index contributed by atoms with van der Waals surface area (Å²) in [7, 11) is 0. The van der Waals surface area contributed by atoms with Crippen LogP contribution in [-0.2, 0) is 0 Å². The predicted molar refractivity (Wildman–Crippen MR) is 100 cm³/mol. The van der Waals surface area contributed by atoms with Gasteiger partial charge in [0.25, 0.3) is 5.91 Å². The number of nitrogens with zero attached hydrogens (tertiary/aromatic N) is 6. The third-order valence-electron chi connectivity index (χ3n) is 3.96. The number of nitrogens with one attached hydrogen (secondary N) is 1. The van der Waals surface area contributed by atoms with Crippen LogP contribution < -0.4 is 15.1 Å². The van der Waals surface area contributed by atoms with Crippen molar-refractivity contribution < 1.29 is 4.79 Å². The highest BCUT2D eigenvalue weighted by molar-refractivity contribution is 5.93. The summed E-state index contributed by atoms with van der Waals surface area (Å²) in [4.78, 5) is 34.3. The summed E-state index contributed by atoms with van der Waals surface area (Å²) in [6.45, 7) is 10.8. The highest BCUT2D eigenvalue weighted by Gasteiger charge is 2.23. The van der Waals surface area contributed by atoms with Crippen molar-refractivity contribution in [2.75, 3.05) is 36.0 Å². The van der Waals surface area contributed by atoms with Gasteiger partial charge in [0.2, 0.25) is 11.9 Å². The van der Waals surface area contributed by atoms with Crippen molar-refractivity contribution in [3.63, 3.8) is 0 Å². The third-order valence-corrected chi connectivity index (χ3v) is 3.96. The minimum absolute atomic E-state index is 0.180. The molecule has 1 amide bonds. The van der Waals surface area contributed by atoms with Gasteiger partial charge in [0, 0.05) is 49.8 Å². The number of aryl methyl sites for hydroxylation is 1. The van der Waals surface area contributed by atoms with E-state index in [0.717, 1.165) is 37.8 Å². The molecule has 0 aromatic carbocycles. The van der Waals surface area contributed by atoms with Gasteiger partial charge in [-0.05, 0) is 39.8 Å². The molecule has 0 radical (unpaired) electrons. The number of aromatic nitrogens is 4. The first-order valence-electron chi connectivity index (χ1n) is 8.77. The molecule has 1 fully saturated rings. The van der Waals surface area contributed by atoms with Crippen molar-refractivity contribution >= 4 is 17.8 Å². The number of amides is 1. The van der Waals surface area contributed by atoms with E-state index >= 15 is 0 Å². The Hall–Kier alpha value is -2.77. The van der Waals surface area contributed by atoms with Crippen molar-refractivity contribution in [1.29, 1.82) is 0 Å². The lowest BCUT2D eigenvalue weighted by Gasteiger charge is -2.34. The average molecular weight is 355 g/mol. The highest BCUT2D eigenvalue weighted by atomic mass is 16.2. The Morgan fingerprint density at radius 1 is 1.00 bits per heavy atom. The molecule has 8 nitrogen and oxygen atoms in total. The van der Waals surface area contributed by atoms with Crippen LogP contribution in [0.2, 0.25) is 0 Å². The zero-order valence-electron chi connectivity index (χ0n) is 15.7. The Bertz CT molecular complexity index is 765. The molecule has 3 rings (SSSR count). The van der Waals surface area contributed by atoms with E-state index in [1.807, 2.05) is 33.8 Å². The van der Waals surface area contributed by atoms with E-state index < -0.39 is 0 Å². The second-order valence-electron chi connectivity index (χ2n) is 7.42. The zero-order chi connectivity index (χ0) is 18.7. The van der Waals surface area contributed by atoms with E-state index in [0.29, 0.717) is 11.6 Å². The fourth-order valence-corrected chi connectivity index (χ4v) is 2.78. The molecule has 1 aliphatic rings. The van der Waals surface area contributed by atoms with E-state index in [2.05, 4.69) is 35.1 Å². The van der Waals surface area contributed by atoms with Crippen LogP contribution in [0.4, 0.5) is 11.9 Å². The molecule has 8 heteroatoms. The van der Waals surface area contributed by atoms with E-state index in [1.54, 1.807) is 18.5 Å². The summed E-state index contributed by atoms with van der Waals surface area (Å²) in [6.07, 6.45) is 3.50. The molecule has 0 saturated carbocycles. The SMILES string of the molecule is Cc1cc(C(=O)NC(C)(C)C)nc(N2CCN(c3ncccn3)CC2)n1. The van der Waals surface area contributed by atoms with Gasteiger partial charge < -0.3 is 15.1 Å². The Balaban J connectivity index is 1.71. The second-order valence-corrected chi connectivity index (χ2v) is 7.42. The van der Waals surface area contributed by atoms with Crippen LogP contribution >= 0.6 is 0 Å². The molecule has 0 unspecified atom stereocenters. The van der Waals surface area contributed by atoms with Crippen LogP contribution in [0.5, 0.6) is 0 Å². The summed E-state index contributed by atoms with van der Waals surface area (Å²) in [5.41, 5.74) is 0.872. The first-order chi connectivity index (χ1) is 12.3. The largest absolute Gasteiger partial charge is 0.346 e. The van der Waals surface area contributed by atoms with E-state index in [1.165, 1.54) is 0 Å². The molecule has 26 heavy (non-hydrogen) atoms. The third kappa shape index (κ3) is 4.44. The summed E-state index contributed by atoms with van der Waals surface area (Å²) >= 11 is 0. The van der Waals surface area contributed by atoms with Gasteiger partial charge in [0.05, 0.1) is 0 Å². The first-order valence-corrected chi connectivity index (χ1v) is 8.77. The van der Waals surface area contributed by atoms with Crippen LogP contribution in [-0.4, -0.2) is 57.6 Å². The second kappa shape index (κ2) is 7.23. The topological polar surface area (TPSA) is 87.1 Å². The van der Waals surface area contributed by atoms with Crippen molar-refractivity contribution in [2.24, 2.45) is 0 Å². The van der Waals surface area contributed by atoms with E-state index in [9.17, 15) is 4.79 Å². The number of hydrogen-bond donors (Lipinski definition) is 1. The Morgan fingerprint density at radius 2 is 1.58 bits per heavy atom. The maximum absolute atomic E-state index is 12.4. The quantitative estimate of drug-likeness (QED) is 0.891. The van der Waals surface area contributed by atoms with Gasteiger partial charge in [0.1, 0.15) is 5.69 Å². The van der Waals surface area contributed by atoms with E-state index in [4.69, 9.17) is 0 Å². The van der Waals surface area contributed by atoms with Gasteiger partial charge in [0.15, 0.2) is 0 Å². The van der Waals surface area contributed by atoms with Crippen LogP contribution in [0.1, 0.15) is 37.0 Å². The monoisotopic (exact) mass is 355 g/mol. The van der Waals surface area contributed by atoms with Gasteiger partial charge in [-0.1, -0.05) is 0 Å². The molecule has 0 spiro atoms. The van der Waals surface area contributed by atoms with Gasteiger partial charge in [-0.25, -0.2) is 19.9 Å². The molecule has 1 N–H and O–H groups in total. The minimum Gasteiger partial charge on any atom is -0.346 e. The fourth-order valence-electron chi connectivity index (χ4n) is 2.78. The molecule has 0 atom stereocenters. The zero-order valence-corrected chi connectivity index (χ0v) is 15.7. The maximum atomic E-state index is 12.4. The van der Waals surface area contributed by atoms with Crippen LogP contribution in [0.15, 0.2) is 24.5 Å². The molecule has 3 heterocycles. The summed E-state index contributed by atoms with van der Waals surface area (Å²) in [5.74, 6) is 1.15. The Labute approximate surface area is 153 Å². The fraction of sp³-hybridized carbons (Fsp3) is 0.500. The number of carbonyl (C=O) groups is 1. The molecule has 0 bridgehead atoms. The van der Waals surface area contributed by atoms with Crippen LogP contribution in [0.25, 0.3) is 0 Å². The molecular formula is C18H25N7O. The molecule has 1 aliphatic heterocycles. The van der Waals surface area contributed by atoms with Gasteiger partial charge in [-0.15, -0.1) is 0 Å². The number of anilines is 2. The van der Waals surface area contributed by atoms with Crippen molar-refractivity contribution in [3.05, 3.63) is 35.9 Å². The van der Waals surface area contributed by atoms with Crippen molar-refractivity contribution in [1.82, 2.24) is 25.3 Å². The van der Waals surface area contributed by atoms with Crippen molar-refractivity contribution in [2.45, 2.75) is 33.2 Å². The smallest absolute Gasteiger partial charge is 0.270 e. The lowest BCUT2D eigenvalue weighted by molar-refractivity contribution is 0.0914. The Kier molecular flexibility index (Phi) is 5.01. The maximum Gasteiger partial charge on any atom is 0.270 e. The standard InChI is InChI=1S/C18H25N7O/c1-13-12-14(15(26)23-18(2,3)4)22-17(21-13)25-10-8-24(9-11-25)16-19-6-5-7-20-16/h5-7,12H,8-11H2,1-4H3,(H,23,26). The van der Waals surface area contributed by atoms with Gasteiger partial charge >= 0.3 is 0 Å². The minimum atomic E-state index is -0.308. The summed E-state index contributed by atoms with van der Waals surface area (Å²) < 4.78 is 0. The van der Waals surface area contributed by atoms with Gasteiger partial charge in [-0.3, -0.25) is 4.79 Å². The summed E-state index contributed by atoms with van der Waals surface area (Å²) in [5, 5.41) is 2.95. The normalized spacial score (nSPS) is 15.1. The highest BCUT2D eigenvalue weighted by Crippen LogP contribution is 2.16. The number of carbonyl (C=O) groups excluding carboxylic acids is 1.